The molecule has 0 bridgehead atoms. The van der Waals surface area contributed by atoms with Crippen LogP contribution in [0.3, 0.4) is 0 Å². The monoisotopic (exact) mass is 468 g/mol. The molecule has 0 aliphatic carbocycles. The van der Waals surface area contributed by atoms with Gasteiger partial charge >= 0.3 is 5.97 Å². The molecule has 1 amide bonds. The van der Waals surface area contributed by atoms with E-state index in [1.54, 1.807) is 48.5 Å². The topological polar surface area (TPSA) is 92.0 Å². The summed E-state index contributed by atoms with van der Waals surface area (Å²) in [6.45, 7) is 2.44. The molecule has 2 N–H and O–H groups in total. The SMILES string of the molecule is CCOc1ccc(N2C(=O)/C(=C\c3ccc(-c4ccc(Cl)c(C(=O)O)c4)o3)NC2=S)cc1. The third-order valence-corrected chi connectivity index (χ3v) is 5.29. The zero-order valence-corrected chi connectivity index (χ0v) is 18.4. The van der Waals surface area contributed by atoms with E-state index in [0.29, 0.717) is 35.1 Å². The number of nitrogens with one attached hydrogen (secondary N) is 1. The Labute approximate surface area is 193 Å². The number of amides is 1. The van der Waals surface area contributed by atoms with E-state index in [1.165, 1.54) is 17.0 Å². The van der Waals surface area contributed by atoms with E-state index in [1.807, 2.05) is 6.92 Å². The second-order valence-corrected chi connectivity index (χ2v) is 7.55. The molecule has 1 aliphatic rings. The van der Waals surface area contributed by atoms with Crippen LogP contribution in [0.1, 0.15) is 23.0 Å². The van der Waals surface area contributed by atoms with Crippen LogP contribution in [0.15, 0.2) is 64.7 Å². The molecular formula is C23H17ClN2O5S. The average molecular weight is 469 g/mol. The fraction of sp³-hybridized carbons (Fsp3) is 0.0870. The van der Waals surface area contributed by atoms with Crippen molar-refractivity contribution >= 4 is 52.6 Å². The van der Waals surface area contributed by atoms with Crippen LogP contribution in [-0.2, 0) is 4.79 Å². The van der Waals surface area contributed by atoms with E-state index in [4.69, 9.17) is 33.0 Å². The number of halogens is 1. The van der Waals surface area contributed by atoms with E-state index >= 15 is 0 Å². The first-order valence-corrected chi connectivity index (χ1v) is 10.4. The molecule has 0 radical (unpaired) electrons. The number of anilines is 1. The highest BCUT2D eigenvalue weighted by atomic mass is 35.5. The molecule has 0 unspecified atom stereocenters. The van der Waals surface area contributed by atoms with Crippen molar-refractivity contribution < 1.29 is 23.8 Å². The number of rotatable bonds is 6. The van der Waals surface area contributed by atoms with Gasteiger partial charge in [-0.15, -0.1) is 0 Å². The van der Waals surface area contributed by atoms with Gasteiger partial charge in [0.15, 0.2) is 5.11 Å². The number of benzene rings is 2. The van der Waals surface area contributed by atoms with Gasteiger partial charge in [0.2, 0.25) is 0 Å². The number of aromatic carboxylic acids is 1. The first kappa shape index (κ1) is 21.6. The standard InChI is InChI=1S/C23H17ClN2O5S/c1-2-30-15-6-4-14(5-7-15)26-21(27)19(25-23(26)32)12-16-8-10-20(31-16)13-3-9-18(24)17(11-13)22(28)29/h3-12H,2H2,1H3,(H,25,32)(H,28,29)/b19-12+. The van der Waals surface area contributed by atoms with Crippen LogP contribution >= 0.6 is 23.8 Å². The van der Waals surface area contributed by atoms with Crippen LogP contribution in [0.25, 0.3) is 17.4 Å². The van der Waals surface area contributed by atoms with Gasteiger partial charge < -0.3 is 19.6 Å². The lowest BCUT2D eigenvalue weighted by atomic mass is 10.1. The largest absolute Gasteiger partial charge is 0.494 e. The number of hydrogen-bond acceptors (Lipinski definition) is 5. The van der Waals surface area contributed by atoms with Crippen LogP contribution in [-0.4, -0.2) is 28.7 Å². The van der Waals surface area contributed by atoms with Crippen molar-refractivity contribution in [1.82, 2.24) is 5.32 Å². The smallest absolute Gasteiger partial charge is 0.337 e. The third-order valence-electron chi connectivity index (χ3n) is 4.68. The van der Waals surface area contributed by atoms with Crippen molar-refractivity contribution in [2.24, 2.45) is 0 Å². The minimum absolute atomic E-state index is 0.0237. The zero-order valence-electron chi connectivity index (χ0n) is 16.8. The van der Waals surface area contributed by atoms with Crippen LogP contribution in [0.5, 0.6) is 5.75 Å². The Morgan fingerprint density at radius 3 is 2.66 bits per heavy atom. The van der Waals surface area contributed by atoms with Gasteiger partial charge in [-0.3, -0.25) is 9.69 Å². The van der Waals surface area contributed by atoms with Crippen LogP contribution in [0.4, 0.5) is 5.69 Å². The molecule has 2 aromatic carbocycles. The van der Waals surface area contributed by atoms with Gasteiger partial charge in [-0.1, -0.05) is 11.6 Å². The number of thiocarbonyl (C=S) groups is 1. The molecule has 32 heavy (non-hydrogen) atoms. The highest BCUT2D eigenvalue weighted by Gasteiger charge is 2.32. The zero-order chi connectivity index (χ0) is 22.8. The van der Waals surface area contributed by atoms with Crippen molar-refractivity contribution in [2.75, 3.05) is 11.5 Å². The highest BCUT2D eigenvalue weighted by molar-refractivity contribution is 7.80. The molecule has 9 heteroatoms. The summed E-state index contributed by atoms with van der Waals surface area (Å²) in [6, 6.07) is 15.0. The first-order valence-electron chi connectivity index (χ1n) is 9.60. The lowest BCUT2D eigenvalue weighted by Gasteiger charge is -2.14. The number of hydrogen-bond donors (Lipinski definition) is 2. The summed E-state index contributed by atoms with van der Waals surface area (Å²) in [7, 11) is 0. The molecule has 3 aromatic rings. The van der Waals surface area contributed by atoms with E-state index < -0.39 is 5.97 Å². The van der Waals surface area contributed by atoms with Crippen LogP contribution in [0.2, 0.25) is 5.02 Å². The second-order valence-electron chi connectivity index (χ2n) is 6.76. The molecule has 1 saturated heterocycles. The average Bonchev–Trinajstić information content (AvgIpc) is 3.34. The Morgan fingerprint density at radius 2 is 1.97 bits per heavy atom. The molecule has 0 saturated carbocycles. The Hall–Kier alpha value is -3.62. The summed E-state index contributed by atoms with van der Waals surface area (Å²) in [5.41, 5.74) is 1.40. The van der Waals surface area contributed by atoms with E-state index in [-0.39, 0.29) is 27.3 Å². The first-order chi connectivity index (χ1) is 15.4. The lowest BCUT2D eigenvalue weighted by molar-refractivity contribution is -0.113. The molecular weight excluding hydrogens is 452 g/mol. The van der Waals surface area contributed by atoms with Crippen LogP contribution < -0.4 is 15.0 Å². The maximum absolute atomic E-state index is 12.9. The molecule has 0 atom stereocenters. The van der Waals surface area contributed by atoms with E-state index in [0.717, 1.165) is 0 Å². The number of carbonyl (C=O) groups is 2. The van der Waals surface area contributed by atoms with Gasteiger partial charge in [-0.05, 0) is 73.7 Å². The minimum Gasteiger partial charge on any atom is -0.494 e. The quantitative estimate of drug-likeness (QED) is 0.390. The second kappa shape index (κ2) is 8.86. The summed E-state index contributed by atoms with van der Waals surface area (Å²) in [5, 5.41) is 12.5. The molecule has 1 aliphatic heterocycles. The van der Waals surface area contributed by atoms with Gasteiger partial charge in [-0.2, -0.15) is 0 Å². The van der Waals surface area contributed by atoms with Crippen LogP contribution in [0, 0.1) is 0 Å². The summed E-state index contributed by atoms with van der Waals surface area (Å²) < 4.78 is 11.2. The molecule has 7 nitrogen and oxygen atoms in total. The Balaban J connectivity index is 1.57. The number of furan rings is 1. The van der Waals surface area contributed by atoms with Crippen molar-refractivity contribution in [1.29, 1.82) is 0 Å². The molecule has 1 fully saturated rings. The van der Waals surface area contributed by atoms with Gasteiger partial charge in [0.05, 0.1) is 22.9 Å². The van der Waals surface area contributed by atoms with Crippen molar-refractivity contribution in [3.8, 4) is 17.1 Å². The molecule has 4 rings (SSSR count). The predicted molar refractivity (Wildman–Crippen MR) is 125 cm³/mol. The van der Waals surface area contributed by atoms with Gasteiger partial charge in [-0.25, -0.2) is 4.79 Å². The summed E-state index contributed by atoms with van der Waals surface area (Å²) in [5.74, 6) is 0.0893. The van der Waals surface area contributed by atoms with Gasteiger partial charge in [0.1, 0.15) is 23.0 Å². The summed E-state index contributed by atoms with van der Waals surface area (Å²) in [6.07, 6.45) is 1.54. The highest BCUT2D eigenvalue weighted by Crippen LogP contribution is 2.29. The van der Waals surface area contributed by atoms with Gasteiger partial charge in [0, 0.05) is 11.6 Å². The number of ether oxygens (including phenoxy) is 1. The molecule has 0 spiro atoms. The number of carboxylic acids is 1. The van der Waals surface area contributed by atoms with Crippen molar-refractivity contribution in [3.05, 3.63) is 76.6 Å². The van der Waals surface area contributed by atoms with Gasteiger partial charge in [0.25, 0.3) is 5.91 Å². The maximum Gasteiger partial charge on any atom is 0.337 e. The Kier molecular flexibility index (Phi) is 5.98. The van der Waals surface area contributed by atoms with Crippen molar-refractivity contribution in [3.63, 3.8) is 0 Å². The Bertz CT molecular complexity index is 1250. The summed E-state index contributed by atoms with van der Waals surface area (Å²) >= 11 is 11.3. The molecule has 1 aromatic heterocycles. The summed E-state index contributed by atoms with van der Waals surface area (Å²) in [4.78, 5) is 25.6. The minimum atomic E-state index is -1.13. The van der Waals surface area contributed by atoms with Crippen molar-refractivity contribution in [2.45, 2.75) is 6.92 Å². The Morgan fingerprint density at radius 1 is 1.22 bits per heavy atom. The number of carbonyl (C=O) groups excluding carboxylic acids is 1. The molecule has 162 valence electrons. The fourth-order valence-corrected chi connectivity index (χ4v) is 3.69. The van der Waals surface area contributed by atoms with E-state index in [9.17, 15) is 14.7 Å². The predicted octanol–water partition coefficient (Wildman–Crippen LogP) is 4.96. The normalized spacial score (nSPS) is 14.7. The number of nitrogens with zero attached hydrogens (tertiary/aromatic N) is 1. The molecule has 2 heterocycles. The maximum atomic E-state index is 12.9. The number of carboxylic acid groups (broad SMARTS) is 1. The third kappa shape index (κ3) is 4.23. The fourth-order valence-electron chi connectivity index (χ4n) is 3.20. The van der Waals surface area contributed by atoms with E-state index in [2.05, 4.69) is 5.32 Å². The lowest BCUT2D eigenvalue weighted by Crippen LogP contribution is -2.30.